The van der Waals surface area contributed by atoms with Crippen LogP contribution in [0.2, 0.25) is 0 Å². The third-order valence-corrected chi connectivity index (χ3v) is 17.7. The Morgan fingerprint density at radius 3 is 1.31 bits per heavy atom. The Kier molecular flexibility index (Phi) is 11.7. The highest BCUT2D eigenvalue weighted by molar-refractivity contribution is 6.09. The molecule has 14 rings (SSSR count). The Morgan fingerprint density at radius 2 is 0.733 bits per heavy atom. The molecule has 0 amide bonds. The first kappa shape index (κ1) is 45.4. The summed E-state index contributed by atoms with van der Waals surface area (Å²) in [4.78, 5) is 2.54. The number of fused-ring (bicyclic) bond motifs is 6. The molecule has 0 atom stereocenters. The average molecular weight is 967 g/mol. The highest BCUT2D eigenvalue weighted by Gasteiger charge is 2.53. The van der Waals surface area contributed by atoms with Crippen LogP contribution in [0.4, 0.5) is 17.1 Å². The summed E-state index contributed by atoms with van der Waals surface area (Å²) >= 11 is 0. The maximum atomic E-state index is 2.68. The molecule has 0 unspecified atom stereocenters. The normalized spacial score (nSPS) is 15.5. The van der Waals surface area contributed by atoms with Gasteiger partial charge in [0.15, 0.2) is 0 Å². The maximum Gasteiger partial charge on any atom is 0.0541 e. The lowest BCUT2D eigenvalue weighted by atomic mass is 9.54. The molecule has 1 aromatic heterocycles. The van der Waals surface area contributed by atoms with E-state index in [0.29, 0.717) is 11.8 Å². The number of hydrogen-bond acceptors (Lipinski definition) is 1. The molecule has 2 fully saturated rings. The Labute approximate surface area is 442 Å². The van der Waals surface area contributed by atoms with Crippen LogP contribution in [0, 0.1) is 11.8 Å². The average Bonchev–Trinajstić information content (AvgIpc) is 3.99. The summed E-state index contributed by atoms with van der Waals surface area (Å²) in [5, 5.41) is 2.63. The minimum atomic E-state index is -0.0966. The smallest absolute Gasteiger partial charge is 0.0541 e. The van der Waals surface area contributed by atoms with Crippen LogP contribution in [-0.2, 0) is 5.41 Å². The van der Waals surface area contributed by atoms with Crippen molar-refractivity contribution in [3.05, 3.63) is 254 Å². The molecule has 1 heterocycles. The van der Waals surface area contributed by atoms with E-state index in [9.17, 15) is 0 Å². The molecule has 2 heteroatoms. The van der Waals surface area contributed by atoms with E-state index in [4.69, 9.17) is 0 Å². The van der Waals surface area contributed by atoms with E-state index < -0.39 is 0 Å². The second-order valence-electron chi connectivity index (χ2n) is 21.7. The molecule has 0 saturated heterocycles. The summed E-state index contributed by atoms with van der Waals surface area (Å²) in [6, 6.07) is 91.3. The lowest BCUT2D eigenvalue weighted by Crippen LogP contribution is -2.44. The van der Waals surface area contributed by atoms with Crippen molar-refractivity contribution >= 4 is 38.9 Å². The number of aromatic nitrogens is 1. The van der Waals surface area contributed by atoms with Crippen LogP contribution in [-0.4, -0.2) is 4.57 Å². The SMILES string of the molecule is c1ccc(-c2cccc(-c3ccc(N(c4ccc(-c5ccccc5-c5ccccc5)cc4)c4ccc5c(c4)C(C4CCCCC4)(C4CCCCC4)c4cc(-n6c7ccccc7c7ccccc76)ccc4-5)cc3)c2)cc1. The minimum absolute atomic E-state index is 0.0966. The number of para-hydroxylation sites is 2. The fourth-order valence-electron chi connectivity index (χ4n) is 14.3. The van der Waals surface area contributed by atoms with Crippen molar-refractivity contribution in [3.63, 3.8) is 0 Å². The third-order valence-electron chi connectivity index (χ3n) is 17.7. The first-order valence-corrected chi connectivity index (χ1v) is 27.8. The van der Waals surface area contributed by atoms with E-state index in [1.54, 1.807) is 11.1 Å². The summed E-state index contributed by atoms with van der Waals surface area (Å²) in [5.41, 5.74) is 23.1. The predicted molar refractivity (Wildman–Crippen MR) is 317 cm³/mol. The molecule has 10 aromatic carbocycles. The van der Waals surface area contributed by atoms with Gasteiger partial charge in [0.2, 0.25) is 0 Å². The van der Waals surface area contributed by atoms with E-state index >= 15 is 0 Å². The van der Waals surface area contributed by atoms with Crippen LogP contribution in [0.15, 0.2) is 243 Å². The van der Waals surface area contributed by atoms with Gasteiger partial charge in [0.05, 0.1) is 11.0 Å². The van der Waals surface area contributed by atoms with Gasteiger partial charge in [0, 0.05) is 38.9 Å². The lowest BCUT2D eigenvalue weighted by Gasteiger charge is -2.49. The summed E-state index contributed by atoms with van der Waals surface area (Å²) in [7, 11) is 0. The second-order valence-corrected chi connectivity index (χ2v) is 21.7. The Hall–Kier alpha value is -8.20. The molecule has 0 N–H and O–H groups in total. The zero-order chi connectivity index (χ0) is 49.7. The molecular weight excluding hydrogens is 905 g/mol. The van der Waals surface area contributed by atoms with Crippen LogP contribution < -0.4 is 4.90 Å². The number of anilines is 3. The van der Waals surface area contributed by atoms with Gasteiger partial charge < -0.3 is 9.47 Å². The van der Waals surface area contributed by atoms with Gasteiger partial charge in [-0.1, -0.05) is 214 Å². The number of benzene rings is 10. The highest BCUT2D eigenvalue weighted by Crippen LogP contribution is 2.63. The Bertz CT molecular complexity index is 3760. The van der Waals surface area contributed by atoms with Crippen molar-refractivity contribution in [2.45, 2.75) is 69.6 Å². The fraction of sp³-hybridized carbons (Fsp3) is 0.178. The van der Waals surface area contributed by atoms with E-state index in [0.717, 1.165) is 11.4 Å². The molecule has 0 bridgehead atoms. The topological polar surface area (TPSA) is 8.17 Å². The molecule has 2 nitrogen and oxygen atoms in total. The Balaban J connectivity index is 0.941. The summed E-state index contributed by atoms with van der Waals surface area (Å²) in [6.07, 6.45) is 13.0. The van der Waals surface area contributed by atoms with Crippen molar-refractivity contribution in [2.24, 2.45) is 11.8 Å². The summed E-state index contributed by atoms with van der Waals surface area (Å²) < 4.78 is 2.55. The van der Waals surface area contributed by atoms with Gasteiger partial charge in [-0.25, -0.2) is 0 Å². The molecule has 75 heavy (non-hydrogen) atoms. The minimum Gasteiger partial charge on any atom is -0.310 e. The number of rotatable bonds is 10. The molecule has 3 aliphatic carbocycles. The zero-order valence-electron chi connectivity index (χ0n) is 42.7. The van der Waals surface area contributed by atoms with Gasteiger partial charge >= 0.3 is 0 Å². The predicted octanol–water partition coefficient (Wildman–Crippen LogP) is 20.3. The van der Waals surface area contributed by atoms with Crippen LogP contribution in [0.1, 0.15) is 75.3 Å². The van der Waals surface area contributed by atoms with Crippen LogP contribution in [0.5, 0.6) is 0 Å². The van der Waals surface area contributed by atoms with Gasteiger partial charge in [0.25, 0.3) is 0 Å². The number of nitrogens with zero attached hydrogens (tertiary/aromatic N) is 2. The van der Waals surface area contributed by atoms with Crippen molar-refractivity contribution in [1.29, 1.82) is 0 Å². The standard InChI is InChI=1S/C73H62N2/c1-5-20-51(21-6-1)55-24-19-25-56(48-55)52-36-40-59(41-37-52)74(60-42-38-54(39-43-60)64-31-14-13-30-63(64)53-22-7-2-8-23-53)61-44-46-65-66-47-45-62(75-71-34-17-15-32-67(71)68-33-16-18-35-72(68)75)50-70(66)73(69(65)49-61,57-26-9-3-10-27-57)58-28-11-4-12-29-58/h1-2,5-8,13-25,30-50,57-58H,3-4,9-12,26-29H2. The van der Waals surface area contributed by atoms with Crippen LogP contribution in [0.3, 0.4) is 0 Å². The number of hydrogen-bond donors (Lipinski definition) is 0. The Morgan fingerprint density at radius 1 is 0.307 bits per heavy atom. The monoisotopic (exact) mass is 966 g/mol. The van der Waals surface area contributed by atoms with Gasteiger partial charge in [-0.05, 0) is 171 Å². The zero-order valence-corrected chi connectivity index (χ0v) is 42.7. The van der Waals surface area contributed by atoms with Gasteiger partial charge in [-0.15, -0.1) is 0 Å². The van der Waals surface area contributed by atoms with E-state index in [-0.39, 0.29) is 5.41 Å². The quantitative estimate of drug-likeness (QED) is 0.133. The molecule has 0 aliphatic heterocycles. The fourth-order valence-corrected chi connectivity index (χ4v) is 14.3. The van der Waals surface area contributed by atoms with Gasteiger partial charge in [-0.3, -0.25) is 0 Å². The molecule has 0 spiro atoms. The molecule has 2 saturated carbocycles. The van der Waals surface area contributed by atoms with Crippen molar-refractivity contribution < 1.29 is 0 Å². The van der Waals surface area contributed by atoms with Crippen molar-refractivity contribution in [1.82, 2.24) is 4.57 Å². The van der Waals surface area contributed by atoms with E-state index in [2.05, 4.69) is 252 Å². The summed E-state index contributed by atoms with van der Waals surface area (Å²) in [5.74, 6) is 1.14. The van der Waals surface area contributed by atoms with Crippen molar-refractivity contribution in [3.8, 4) is 61.3 Å². The van der Waals surface area contributed by atoms with Gasteiger partial charge in [0.1, 0.15) is 0 Å². The molecule has 364 valence electrons. The van der Waals surface area contributed by atoms with E-state index in [1.807, 2.05) is 0 Å². The van der Waals surface area contributed by atoms with Gasteiger partial charge in [-0.2, -0.15) is 0 Å². The maximum absolute atomic E-state index is 2.68. The molecule has 3 aliphatic rings. The summed E-state index contributed by atoms with van der Waals surface area (Å²) in [6.45, 7) is 0. The molecular formula is C73H62N2. The van der Waals surface area contributed by atoms with Crippen molar-refractivity contribution in [2.75, 3.05) is 4.90 Å². The van der Waals surface area contributed by atoms with E-state index in [1.165, 1.54) is 153 Å². The van der Waals surface area contributed by atoms with Crippen LogP contribution >= 0.6 is 0 Å². The largest absolute Gasteiger partial charge is 0.310 e. The third kappa shape index (κ3) is 7.84. The first-order valence-electron chi connectivity index (χ1n) is 27.8. The highest BCUT2D eigenvalue weighted by atomic mass is 15.1. The van der Waals surface area contributed by atoms with Crippen LogP contribution in [0.25, 0.3) is 83.1 Å². The molecule has 0 radical (unpaired) electrons. The first-order chi connectivity index (χ1) is 37.2. The second kappa shape index (κ2) is 19.3. The lowest BCUT2D eigenvalue weighted by molar-refractivity contribution is 0.137. The molecule has 11 aromatic rings.